The van der Waals surface area contributed by atoms with Gasteiger partial charge in [0, 0.05) is 27.6 Å². The fourth-order valence-electron chi connectivity index (χ4n) is 4.99. The monoisotopic (exact) mass is 556 g/mol. The van der Waals surface area contributed by atoms with Gasteiger partial charge in [-0.1, -0.05) is 79.0 Å². The highest BCUT2D eigenvalue weighted by molar-refractivity contribution is 6.31. The van der Waals surface area contributed by atoms with Gasteiger partial charge in [-0.25, -0.2) is 9.78 Å². The number of carboxylic acids is 1. The summed E-state index contributed by atoms with van der Waals surface area (Å²) in [7, 11) is 0. The second-order valence-corrected chi connectivity index (χ2v) is 10.4. The Morgan fingerprint density at radius 2 is 1.59 bits per heavy atom. The summed E-state index contributed by atoms with van der Waals surface area (Å²) >= 11 is 12.5. The van der Waals surface area contributed by atoms with Crippen LogP contribution in [0.25, 0.3) is 33.5 Å². The third-order valence-corrected chi connectivity index (χ3v) is 7.35. The Labute approximate surface area is 236 Å². The van der Waals surface area contributed by atoms with E-state index in [2.05, 4.69) is 16.9 Å². The second kappa shape index (κ2) is 11.4. The molecule has 0 unspecified atom stereocenters. The zero-order valence-electron chi connectivity index (χ0n) is 21.2. The minimum Gasteiger partial charge on any atom is -0.478 e. The van der Waals surface area contributed by atoms with Crippen molar-refractivity contribution < 1.29 is 14.7 Å². The summed E-state index contributed by atoms with van der Waals surface area (Å²) in [6.07, 6.45) is 2.12. The molecule has 5 nitrogen and oxygen atoms in total. The Hall–Kier alpha value is -3.93. The highest BCUT2D eigenvalue weighted by Gasteiger charge is 2.22. The largest absolute Gasteiger partial charge is 0.478 e. The number of halogens is 2. The van der Waals surface area contributed by atoms with Crippen molar-refractivity contribution in [3.8, 4) is 22.5 Å². The second-order valence-electron chi connectivity index (χ2n) is 9.53. The van der Waals surface area contributed by atoms with Crippen LogP contribution in [0.5, 0.6) is 0 Å². The number of aromatic carboxylic acids is 1. The average Bonchev–Trinajstić information content (AvgIpc) is 3.35. The van der Waals surface area contributed by atoms with Crippen LogP contribution in [0.2, 0.25) is 10.0 Å². The molecule has 0 saturated heterocycles. The van der Waals surface area contributed by atoms with Crippen molar-refractivity contribution in [3.05, 3.63) is 112 Å². The van der Waals surface area contributed by atoms with Crippen LogP contribution >= 0.6 is 23.2 Å². The molecule has 0 aliphatic heterocycles. The number of hydrogen-bond donors (Lipinski definition) is 2. The summed E-state index contributed by atoms with van der Waals surface area (Å²) in [5.41, 5.74) is 4.72. The number of aromatic amines is 1. The number of carbonyl (C=O) groups is 2. The molecule has 0 spiro atoms. The van der Waals surface area contributed by atoms with Crippen LogP contribution in [0.4, 0.5) is 0 Å². The quantitative estimate of drug-likeness (QED) is 0.177. The van der Waals surface area contributed by atoms with Gasteiger partial charge < -0.3 is 10.1 Å². The smallest absolute Gasteiger partial charge is 0.336 e. The van der Waals surface area contributed by atoms with Crippen LogP contribution in [-0.4, -0.2) is 26.8 Å². The highest BCUT2D eigenvalue weighted by Crippen LogP contribution is 2.37. The number of ketones is 1. The van der Waals surface area contributed by atoms with Crippen molar-refractivity contribution in [1.29, 1.82) is 0 Å². The van der Waals surface area contributed by atoms with Crippen LogP contribution < -0.4 is 0 Å². The standard InChI is InChI=1S/C32H26Cl2N2O3/c1-2-6-20(19-7-4-3-5-8-19)16-30(37)21-9-12-24(27(15-21)32(38)39)26-17-22(33)10-13-25(26)31-35-28-14-11-23(34)18-29(28)36-31/h3-5,7-15,17-18,20H,2,6,16H2,1H3,(H,35,36)(H,38,39)/t20-/m0/s1. The summed E-state index contributed by atoms with van der Waals surface area (Å²) in [6, 6.07) is 25.4. The van der Waals surface area contributed by atoms with E-state index in [1.165, 1.54) is 6.07 Å². The van der Waals surface area contributed by atoms with Gasteiger partial charge in [-0.05, 0) is 71.5 Å². The van der Waals surface area contributed by atoms with Crippen molar-refractivity contribution in [2.45, 2.75) is 32.1 Å². The summed E-state index contributed by atoms with van der Waals surface area (Å²) < 4.78 is 0. The molecule has 0 fully saturated rings. The molecule has 0 amide bonds. The topological polar surface area (TPSA) is 83.0 Å². The van der Waals surface area contributed by atoms with Crippen LogP contribution in [-0.2, 0) is 0 Å². The summed E-state index contributed by atoms with van der Waals surface area (Å²) in [5, 5.41) is 11.2. The number of Topliss-reactive ketones (excluding diaryl/α,β-unsaturated/α-hetero) is 1. The van der Waals surface area contributed by atoms with Gasteiger partial charge in [0.2, 0.25) is 0 Å². The van der Waals surface area contributed by atoms with Gasteiger partial charge in [-0.3, -0.25) is 4.79 Å². The first kappa shape index (κ1) is 26.7. The van der Waals surface area contributed by atoms with E-state index in [1.807, 2.05) is 36.4 Å². The maximum Gasteiger partial charge on any atom is 0.336 e. The number of nitrogens with one attached hydrogen (secondary N) is 1. The van der Waals surface area contributed by atoms with E-state index in [9.17, 15) is 14.7 Å². The highest BCUT2D eigenvalue weighted by atomic mass is 35.5. The molecule has 2 N–H and O–H groups in total. The number of carboxylic acid groups (broad SMARTS) is 1. The number of hydrogen-bond acceptors (Lipinski definition) is 3. The van der Waals surface area contributed by atoms with E-state index < -0.39 is 5.97 Å². The lowest BCUT2D eigenvalue weighted by Gasteiger charge is -2.17. The van der Waals surface area contributed by atoms with Gasteiger partial charge in [-0.2, -0.15) is 0 Å². The van der Waals surface area contributed by atoms with Gasteiger partial charge in [-0.15, -0.1) is 0 Å². The van der Waals surface area contributed by atoms with Crippen molar-refractivity contribution in [1.82, 2.24) is 9.97 Å². The molecule has 1 atom stereocenters. The molecule has 5 aromatic rings. The Kier molecular flexibility index (Phi) is 7.82. The van der Waals surface area contributed by atoms with Gasteiger partial charge >= 0.3 is 5.97 Å². The molecule has 0 aliphatic rings. The minimum absolute atomic E-state index is 0.0234. The van der Waals surface area contributed by atoms with E-state index in [0.29, 0.717) is 44.5 Å². The number of imidazole rings is 1. The zero-order valence-corrected chi connectivity index (χ0v) is 22.8. The van der Waals surface area contributed by atoms with E-state index in [4.69, 9.17) is 23.2 Å². The van der Waals surface area contributed by atoms with Crippen LogP contribution in [0, 0.1) is 0 Å². The van der Waals surface area contributed by atoms with Gasteiger partial charge in [0.25, 0.3) is 0 Å². The number of nitrogens with zero attached hydrogens (tertiary/aromatic N) is 1. The van der Waals surface area contributed by atoms with E-state index in [1.54, 1.807) is 42.5 Å². The lowest BCUT2D eigenvalue weighted by Crippen LogP contribution is -2.10. The predicted molar refractivity (Wildman–Crippen MR) is 157 cm³/mol. The zero-order chi connectivity index (χ0) is 27.5. The van der Waals surface area contributed by atoms with Gasteiger partial charge in [0.15, 0.2) is 5.78 Å². The Morgan fingerprint density at radius 1 is 0.872 bits per heavy atom. The first-order chi connectivity index (χ1) is 18.8. The Morgan fingerprint density at radius 3 is 2.33 bits per heavy atom. The van der Waals surface area contributed by atoms with Crippen LogP contribution in [0.1, 0.15) is 58.4 Å². The predicted octanol–water partition coefficient (Wildman–Crippen LogP) is 9.06. The normalized spacial score (nSPS) is 12.0. The van der Waals surface area contributed by atoms with Gasteiger partial charge in [0.1, 0.15) is 5.82 Å². The van der Waals surface area contributed by atoms with E-state index in [0.717, 1.165) is 29.4 Å². The first-order valence-electron chi connectivity index (χ1n) is 12.7. The van der Waals surface area contributed by atoms with Crippen molar-refractivity contribution in [3.63, 3.8) is 0 Å². The molecule has 7 heteroatoms. The molecular weight excluding hydrogens is 531 g/mol. The maximum absolute atomic E-state index is 13.4. The van der Waals surface area contributed by atoms with Crippen molar-refractivity contribution in [2.75, 3.05) is 0 Å². The number of aromatic nitrogens is 2. The lowest BCUT2D eigenvalue weighted by molar-refractivity contribution is 0.0697. The maximum atomic E-state index is 13.4. The molecule has 0 saturated carbocycles. The SMILES string of the molecule is CCC[C@@H](CC(=O)c1ccc(-c2cc(Cl)ccc2-c2nc3ccc(Cl)cc3[nH]2)c(C(=O)O)c1)c1ccccc1. The summed E-state index contributed by atoms with van der Waals surface area (Å²) in [6.45, 7) is 2.09. The molecule has 0 radical (unpaired) electrons. The molecule has 39 heavy (non-hydrogen) atoms. The number of rotatable bonds is 9. The number of H-pyrrole nitrogens is 1. The first-order valence-corrected chi connectivity index (χ1v) is 13.5. The average molecular weight is 557 g/mol. The van der Waals surface area contributed by atoms with Crippen LogP contribution in [0.3, 0.4) is 0 Å². The fourth-order valence-corrected chi connectivity index (χ4v) is 5.33. The van der Waals surface area contributed by atoms with Gasteiger partial charge in [0.05, 0.1) is 16.6 Å². The number of benzene rings is 4. The van der Waals surface area contributed by atoms with E-state index in [-0.39, 0.29) is 17.3 Å². The van der Waals surface area contributed by atoms with Crippen molar-refractivity contribution in [2.24, 2.45) is 0 Å². The molecule has 5 rings (SSSR count). The van der Waals surface area contributed by atoms with Crippen molar-refractivity contribution >= 4 is 46.0 Å². The van der Waals surface area contributed by atoms with Crippen LogP contribution in [0.15, 0.2) is 84.9 Å². The Balaban J connectivity index is 1.54. The Bertz CT molecular complexity index is 1680. The fraction of sp³-hybridized carbons (Fsp3) is 0.156. The molecule has 1 aromatic heterocycles. The molecule has 196 valence electrons. The lowest BCUT2D eigenvalue weighted by atomic mass is 9.87. The minimum atomic E-state index is -1.13. The molecule has 4 aromatic carbocycles. The van der Waals surface area contributed by atoms with E-state index >= 15 is 0 Å². The third-order valence-electron chi connectivity index (χ3n) is 6.88. The third kappa shape index (κ3) is 5.75. The summed E-state index contributed by atoms with van der Waals surface area (Å²) in [4.78, 5) is 33.8. The molecular formula is C32H26Cl2N2O3. The summed E-state index contributed by atoms with van der Waals surface area (Å²) in [5.74, 6) is -0.597. The molecule has 0 bridgehead atoms. The molecule has 0 aliphatic carbocycles. The number of fused-ring (bicyclic) bond motifs is 1. The molecule has 1 heterocycles. The number of carbonyl (C=O) groups excluding carboxylic acids is 1.